The normalized spacial score (nSPS) is 10.4. The molecule has 0 radical (unpaired) electrons. The van der Waals surface area contributed by atoms with Gasteiger partial charge in [0, 0.05) is 18.3 Å². The molecule has 4 heteroatoms. The lowest BCUT2D eigenvalue weighted by Gasteiger charge is -2.01. The number of rotatable bonds is 2. The highest BCUT2D eigenvalue weighted by molar-refractivity contribution is 5.76. The zero-order chi connectivity index (χ0) is 11.7. The first kappa shape index (κ1) is 10.4. The van der Waals surface area contributed by atoms with E-state index < -0.39 is 0 Å². The van der Waals surface area contributed by atoms with Crippen LogP contribution in [0.3, 0.4) is 0 Å². The molecule has 2 aromatic rings. The van der Waals surface area contributed by atoms with Crippen LogP contribution in [0.25, 0.3) is 11.3 Å². The largest absolute Gasteiger partial charge is 0.398 e. The topological polar surface area (TPSA) is 60.9 Å². The minimum atomic E-state index is 0.550. The van der Waals surface area contributed by atoms with Crippen LogP contribution < -0.4 is 5.73 Å². The zero-order valence-electron chi connectivity index (χ0n) is 9.27. The van der Waals surface area contributed by atoms with E-state index in [2.05, 4.69) is 5.10 Å². The van der Waals surface area contributed by atoms with Gasteiger partial charge < -0.3 is 5.73 Å². The van der Waals surface area contributed by atoms with Gasteiger partial charge in [-0.15, -0.1) is 0 Å². The maximum Gasteiger partial charge on any atom is 0.168 e. The summed E-state index contributed by atoms with van der Waals surface area (Å²) >= 11 is 0. The number of carbonyl (C=O) groups is 1. The molecule has 1 heterocycles. The van der Waals surface area contributed by atoms with Gasteiger partial charge >= 0.3 is 0 Å². The Morgan fingerprint density at radius 3 is 2.69 bits per heavy atom. The van der Waals surface area contributed by atoms with E-state index in [1.165, 1.54) is 0 Å². The van der Waals surface area contributed by atoms with Gasteiger partial charge in [0.25, 0.3) is 0 Å². The molecule has 1 aromatic heterocycles. The maximum atomic E-state index is 10.7. The Balaban J connectivity index is 2.50. The predicted octanol–water partition coefficient (Wildman–Crippen LogP) is 1.79. The van der Waals surface area contributed by atoms with Gasteiger partial charge in [-0.1, -0.05) is 12.1 Å². The van der Waals surface area contributed by atoms with Crippen LogP contribution in [0, 0.1) is 6.92 Å². The Morgan fingerprint density at radius 1 is 1.38 bits per heavy atom. The number of nitrogen functional groups attached to an aromatic ring is 1. The van der Waals surface area contributed by atoms with Gasteiger partial charge in [-0.05, 0) is 24.6 Å². The Labute approximate surface area is 93.7 Å². The van der Waals surface area contributed by atoms with Crippen LogP contribution >= 0.6 is 0 Å². The van der Waals surface area contributed by atoms with Crippen molar-refractivity contribution < 1.29 is 4.79 Å². The minimum Gasteiger partial charge on any atom is -0.398 e. The van der Waals surface area contributed by atoms with E-state index in [0.29, 0.717) is 5.69 Å². The van der Waals surface area contributed by atoms with Gasteiger partial charge in [-0.25, -0.2) is 0 Å². The molecular weight excluding hydrogens is 202 g/mol. The van der Waals surface area contributed by atoms with E-state index in [4.69, 9.17) is 5.73 Å². The second-order valence-electron chi connectivity index (χ2n) is 3.77. The predicted molar refractivity (Wildman–Crippen MR) is 63.2 cm³/mol. The van der Waals surface area contributed by atoms with Crippen LogP contribution in [0.2, 0.25) is 0 Å². The van der Waals surface area contributed by atoms with Crippen molar-refractivity contribution in [3.05, 3.63) is 35.5 Å². The summed E-state index contributed by atoms with van der Waals surface area (Å²) in [6.45, 7) is 1.95. The van der Waals surface area contributed by atoms with Crippen LogP contribution in [0.4, 0.5) is 5.69 Å². The van der Waals surface area contributed by atoms with Crippen molar-refractivity contribution in [3.63, 3.8) is 0 Å². The number of nitrogens with zero attached hydrogens (tertiary/aromatic N) is 2. The molecule has 2 rings (SSSR count). The molecule has 0 atom stereocenters. The molecule has 0 aliphatic rings. The van der Waals surface area contributed by atoms with Gasteiger partial charge in [0.05, 0.1) is 5.69 Å². The van der Waals surface area contributed by atoms with E-state index in [-0.39, 0.29) is 0 Å². The fraction of sp³-hybridized carbons (Fsp3) is 0.167. The first-order valence-corrected chi connectivity index (χ1v) is 4.97. The van der Waals surface area contributed by atoms with Gasteiger partial charge in [0.15, 0.2) is 6.29 Å². The molecule has 82 valence electrons. The third-order valence-electron chi connectivity index (χ3n) is 2.61. The number of nitrogens with two attached hydrogens (primary N) is 1. The number of aromatic nitrogens is 2. The summed E-state index contributed by atoms with van der Waals surface area (Å²) in [5, 5.41) is 4.25. The highest BCUT2D eigenvalue weighted by Gasteiger charge is 2.07. The number of hydrogen-bond acceptors (Lipinski definition) is 3. The number of benzene rings is 1. The molecule has 0 aliphatic carbocycles. The summed E-state index contributed by atoms with van der Waals surface area (Å²) in [6.07, 6.45) is 0.786. The van der Waals surface area contributed by atoms with Crippen LogP contribution in [0.15, 0.2) is 24.3 Å². The van der Waals surface area contributed by atoms with Gasteiger partial charge in [0.2, 0.25) is 0 Å². The number of aryl methyl sites for hydroxylation is 2. The van der Waals surface area contributed by atoms with Crippen molar-refractivity contribution in [2.24, 2.45) is 7.05 Å². The minimum absolute atomic E-state index is 0.550. The van der Waals surface area contributed by atoms with E-state index in [1.807, 2.05) is 25.1 Å². The van der Waals surface area contributed by atoms with Crippen molar-refractivity contribution in [1.82, 2.24) is 9.78 Å². The van der Waals surface area contributed by atoms with Crippen LogP contribution in [0.1, 0.15) is 16.1 Å². The second-order valence-corrected chi connectivity index (χ2v) is 3.77. The molecule has 1 aromatic carbocycles. The van der Waals surface area contributed by atoms with E-state index in [0.717, 1.165) is 28.8 Å². The average molecular weight is 215 g/mol. The molecule has 0 aliphatic heterocycles. The van der Waals surface area contributed by atoms with Crippen molar-refractivity contribution in [2.75, 3.05) is 5.73 Å². The molecule has 0 fully saturated rings. The number of hydrogen-bond donors (Lipinski definition) is 1. The van der Waals surface area contributed by atoms with Crippen LogP contribution in [-0.2, 0) is 7.05 Å². The summed E-state index contributed by atoms with van der Waals surface area (Å²) in [4.78, 5) is 10.7. The van der Waals surface area contributed by atoms with Crippen molar-refractivity contribution in [2.45, 2.75) is 6.92 Å². The number of carbonyl (C=O) groups excluding carboxylic acids is 1. The second kappa shape index (κ2) is 3.81. The maximum absolute atomic E-state index is 10.7. The molecule has 0 unspecified atom stereocenters. The zero-order valence-corrected chi connectivity index (χ0v) is 9.27. The fourth-order valence-electron chi connectivity index (χ4n) is 1.53. The number of anilines is 1. The highest BCUT2D eigenvalue weighted by atomic mass is 16.1. The molecule has 0 saturated carbocycles. The molecule has 2 N–H and O–H groups in total. The first-order valence-electron chi connectivity index (χ1n) is 4.97. The average Bonchev–Trinajstić information content (AvgIpc) is 2.64. The first-order chi connectivity index (χ1) is 7.61. The lowest BCUT2D eigenvalue weighted by atomic mass is 10.1. The van der Waals surface area contributed by atoms with Crippen LogP contribution in [0.5, 0.6) is 0 Å². The lowest BCUT2D eigenvalue weighted by molar-refractivity contribution is 0.111. The molecule has 0 spiro atoms. The van der Waals surface area contributed by atoms with E-state index >= 15 is 0 Å². The lowest BCUT2D eigenvalue weighted by Crippen LogP contribution is -1.95. The summed E-state index contributed by atoms with van der Waals surface area (Å²) in [5.41, 5.74) is 9.83. The standard InChI is InChI=1S/C12H13N3O/c1-8-3-4-9(5-11(8)13)12-6-10(7-16)15(2)14-12/h3-7H,13H2,1-2H3. The molecule has 0 amide bonds. The monoisotopic (exact) mass is 215 g/mol. The molecule has 16 heavy (non-hydrogen) atoms. The van der Waals surface area contributed by atoms with Gasteiger partial charge in [-0.3, -0.25) is 9.48 Å². The third kappa shape index (κ3) is 1.69. The summed E-state index contributed by atoms with van der Waals surface area (Å²) in [5.74, 6) is 0. The Kier molecular flexibility index (Phi) is 2.48. The molecule has 0 saturated heterocycles. The number of aldehydes is 1. The Bertz CT molecular complexity index is 543. The quantitative estimate of drug-likeness (QED) is 0.613. The Morgan fingerprint density at radius 2 is 2.12 bits per heavy atom. The molecule has 0 bridgehead atoms. The summed E-state index contributed by atoms with van der Waals surface area (Å²) in [6, 6.07) is 7.51. The SMILES string of the molecule is Cc1ccc(-c2cc(C=O)n(C)n2)cc1N. The summed E-state index contributed by atoms with van der Waals surface area (Å²) < 4.78 is 1.55. The van der Waals surface area contributed by atoms with E-state index in [9.17, 15) is 4.79 Å². The van der Waals surface area contributed by atoms with E-state index in [1.54, 1.807) is 17.8 Å². The highest BCUT2D eigenvalue weighted by Crippen LogP contribution is 2.22. The summed E-state index contributed by atoms with van der Waals surface area (Å²) in [7, 11) is 1.74. The molecular formula is C12H13N3O. The van der Waals surface area contributed by atoms with Crippen molar-refractivity contribution >= 4 is 12.0 Å². The van der Waals surface area contributed by atoms with Gasteiger partial charge in [-0.2, -0.15) is 5.10 Å². The van der Waals surface area contributed by atoms with Crippen molar-refractivity contribution in [1.29, 1.82) is 0 Å². The third-order valence-corrected chi connectivity index (χ3v) is 2.61. The Hall–Kier alpha value is -2.10. The van der Waals surface area contributed by atoms with Crippen LogP contribution in [-0.4, -0.2) is 16.1 Å². The fourth-order valence-corrected chi connectivity index (χ4v) is 1.53. The smallest absolute Gasteiger partial charge is 0.168 e. The van der Waals surface area contributed by atoms with Gasteiger partial charge in [0.1, 0.15) is 5.69 Å². The van der Waals surface area contributed by atoms with Crippen molar-refractivity contribution in [3.8, 4) is 11.3 Å². The molecule has 4 nitrogen and oxygen atoms in total.